The van der Waals surface area contributed by atoms with E-state index in [4.69, 9.17) is 4.74 Å². The van der Waals surface area contributed by atoms with Crippen molar-refractivity contribution in [3.05, 3.63) is 0 Å². The van der Waals surface area contributed by atoms with Crippen molar-refractivity contribution in [2.45, 2.75) is 90.3 Å². The van der Waals surface area contributed by atoms with Crippen molar-refractivity contribution in [1.82, 2.24) is 0 Å². The van der Waals surface area contributed by atoms with Gasteiger partial charge in [0.2, 0.25) is 0 Å². The fourth-order valence-electron chi connectivity index (χ4n) is 8.99. The highest BCUT2D eigenvalue weighted by Gasteiger charge is 2.66. The molecule has 4 rings (SSSR count). The van der Waals surface area contributed by atoms with Gasteiger partial charge in [0, 0.05) is 7.11 Å². The maximum absolute atomic E-state index is 13.6. The smallest absolute Gasteiger partial charge is 0.384 e. The minimum absolute atomic E-state index is 0.0873. The summed E-state index contributed by atoms with van der Waals surface area (Å²) < 4.78 is 46.5. The van der Waals surface area contributed by atoms with Gasteiger partial charge >= 0.3 is 6.18 Å². The van der Waals surface area contributed by atoms with E-state index in [1.54, 1.807) is 7.11 Å². The number of alkyl halides is 3. The molecule has 168 valence electrons. The van der Waals surface area contributed by atoms with Gasteiger partial charge < -0.3 is 9.84 Å². The van der Waals surface area contributed by atoms with Crippen molar-refractivity contribution in [1.29, 1.82) is 0 Å². The van der Waals surface area contributed by atoms with Crippen LogP contribution in [0.1, 0.15) is 78.6 Å². The second-order valence-electron chi connectivity index (χ2n) is 11.5. The molecule has 0 aromatic carbocycles. The number of hydrogen-bond donors (Lipinski definition) is 1. The molecule has 0 heterocycles. The molecule has 1 N–H and O–H groups in total. The molecule has 4 saturated carbocycles. The molecule has 0 bridgehead atoms. The summed E-state index contributed by atoms with van der Waals surface area (Å²) in [4.78, 5) is 0. The van der Waals surface area contributed by atoms with E-state index in [2.05, 4.69) is 20.8 Å². The highest BCUT2D eigenvalue weighted by Crippen LogP contribution is 2.69. The van der Waals surface area contributed by atoms with Crippen molar-refractivity contribution in [3.8, 4) is 0 Å². The quantitative estimate of drug-likeness (QED) is 0.592. The third kappa shape index (κ3) is 3.11. The SMILES string of the molecule is COC[C@]12CC[C@](O)(C(F)(F)F)C[C@H]1CC[C@@H]1[C@@H]2CC[C@]2(C)C(C(C)C)CC[C@@H]12. The first-order chi connectivity index (χ1) is 13.5. The van der Waals surface area contributed by atoms with Crippen LogP contribution in [0, 0.1) is 46.3 Å². The standard InChI is InChI=1S/C24H39F3O2/c1-15(2)18-7-8-19-17-6-5-16-13-23(28,24(25,26)27)12-11-22(16,14-29-4)20(17)9-10-21(18,19)3/h15-20,28H,5-14H2,1-4H3/t16-,17+,18?,19+,20+,21-,22-,23-/m1/s1. The first-order valence-corrected chi connectivity index (χ1v) is 11.8. The monoisotopic (exact) mass is 416 g/mol. The van der Waals surface area contributed by atoms with Crippen LogP contribution in [0.2, 0.25) is 0 Å². The number of aliphatic hydroxyl groups is 1. The lowest BCUT2D eigenvalue weighted by molar-refractivity contribution is -0.294. The van der Waals surface area contributed by atoms with Crippen LogP contribution in [0.25, 0.3) is 0 Å². The van der Waals surface area contributed by atoms with Crippen LogP contribution in [-0.4, -0.2) is 30.6 Å². The van der Waals surface area contributed by atoms with Gasteiger partial charge in [-0.3, -0.25) is 0 Å². The van der Waals surface area contributed by atoms with Crippen molar-refractivity contribution in [3.63, 3.8) is 0 Å². The van der Waals surface area contributed by atoms with Gasteiger partial charge in [-0.25, -0.2) is 0 Å². The zero-order chi connectivity index (χ0) is 21.2. The number of hydrogen-bond acceptors (Lipinski definition) is 2. The van der Waals surface area contributed by atoms with Gasteiger partial charge in [-0.05, 0) is 104 Å². The molecule has 4 aliphatic carbocycles. The van der Waals surface area contributed by atoms with Crippen LogP contribution in [0.4, 0.5) is 13.2 Å². The fourth-order valence-corrected chi connectivity index (χ4v) is 8.99. The van der Waals surface area contributed by atoms with Crippen molar-refractivity contribution in [2.24, 2.45) is 46.3 Å². The van der Waals surface area contributed by atoms with Gasteiger partial charge in [0.1, 0.15) is 0 Å². The Labute approximate surface area is 174 Å². The van der Waals surface area contributed by atoms with Crippen LogP contribution >= 0.6 is 0 Å². The molecule has 5 heteroatoms. The first kappa shape index (κ1) is 21.9. The van der Waals surface area contributed by atoms with Gasteiger partial charge in [0.05, 0.1) is 6.61 Å². The molecule has 2 nitrogen and oxygen atoms in total. The Kier molecular flexibility index (Phi) is 5.38. The lowest BCUT2D eigenvalue weighted by Gasteiger charge is -2.63. The van der Waals surface area contributed by atoms with Crippen LogP contribution in [-0.2, 0) is 4.74 Å². The summed E-state index contributed by atoms with van der Waals surface area (Å²) in [6, 6.07) is 0. The first-order valence-electron chi connectivity index (χ1n) is 11.8. The van der Waals surface area contributed by atoms with Crippen molar-refractivity contribution >= 4 is 0 Å². The average Bonchev–Trinajstić information content (AvgIpc) is 2.99. The zero-order valence-electron chi connectivity index (χ0n) is 18.5. The molecular formula is C24H39F3O2. The number of ether oxygens (including phenoxy) is 1. The topological polar surface area (TPSA) is 29.5 Å². The lowest BCUT2D eigenvalue weighted by atomic mass is 9.43. The number of rotatable bonds is 3. The maximum atomic E-state index is 13.6. The molecule has 0 aromatic rings. The third-order valence-corrected chi connectivity index (χ3v) is 10.2. The van der Waals surface area contributed by atoms with Crippen molar-refractivity contribution in [2.75, 3.05) is 13.7 Å². The molecule has 8 atom stereocenters. The minimum Gasteiger partial charge on any atom is -0.384 e. The summed E-state index contributed by atoms with van der Waals surface area (Å²) in [5.41, 5.74) is -2.31. The molecule has 29 heavy (non-hydrogen) atoms. The van der Waals surface area contributed by atoms with E-state index in [0.29, 0.717) is 42.1 Å². The van der Waals surface area contributed by atoms with Crippen molar-refractivity contribution < 1.29 is 23.0 Å². The summed E-state index contributed by atoms with van der Waals surface area (Å²) >= 11 is 0. The summed E-state index contributed by atoms with van der Waals surface area (Å²) in [5.74, 6) is 3.14. The van der Waals surface area contributed by atoms with Crippen LogP contribution in [0.5, 0.6) is 0 Å². The van der Waals surface area contributed by atoms with Gasteiger partial charge in [-0.15, -0.1) is 0 Å². The number of halogens is 3. The molecule has 0 spiro atoms. The van der Waals surface area contributed by atoms with Crippen LogP contribution in [0.3, 0.4) is 0 Å². The molecule has 4 aliphatic rings. The highest BCUT2D eigenvalue weighted by molar-refractivity contribution is 5.12. The van der Waals surface area contributed by atoms with E-state index in [1.807, 2.05) is 0 Å². The molecule has 4 fully saturated rings. The van der Waals surface area contributed by atoms with E-state index in [0.717, 1.165) is 25.2 Å². The summed E-state index contributed by atoms with van der Waals surface area (Å²) in [6.07, 6.45) is 2.33. The maximum Gasteiger partial charge on any atom is 0.417 e. The molecule has 0 radical (unpaired) electrons. The number of methoxy groups -OCH3 is 1. The predicted molar refractivity (Wildman–Crippen MR) is 107 cm³/mol. The highest BCUT2D eigenvalue weighted by atomic mass is 19.4. The van der Waals surface area contributed by atoms with Gasteiger partial charge in [0.25, 0.3) is 0 Å². The van der Waals surface area contributed by atoms with Gasteiger partial charge in [0.15, 0.2) is 5.60 Å². The average molecular weight is 417 g/mol. The van der Waals surface area contributed by atoms with E-state index in [-0.39, 0.29) is 24.2 Å². The summed E-state index contributed by atoms with van der Waals surface area (Å²) in [6.45, 7) is 7.76. The van der Waals surface area contributed by atoms with E-state index in [1.165, 1.54) is 19.3 Å². The van der Waals surface area contributed by atoms with Gasteiger partial charge in [-0.1, -0.05) is 20.8 Å². The number of fused-ring (bicyclic) bond motifs is 5. The Balaban J connectivity index is 1.63. The molecule has 0 saturated heterocycles. The van der Waals surface area contributed by atoms with Crippen LogP contribution < -0.4 is 0 Å². The largest absolute Gasteiger partial charge is 0.417 e. The molecule has 0 aliphatic heterocycles. The van der Waals surface area contributed by atoms with E-state index in [9.17, 15) is 18.3 Å². The molecule has 0 amide bonds. The van der Waals surface area contributed by atoms with E-state index >= 15 is 0 Å². The Bertz CT molecular complexity index is 620. The zero-order valence-corrected chi connectivity index (χ0v) is 18.5. The summed E-state index contributed by atoms with van der Waals surface area (Å²) in [5, 5.41) is 10.4. The van der Waals surface area contributed by atoms with Gasteiger partial charge in [-0.2, -0.15) is 13.2 Å². The summed E-state index contributed by atoms with van der Waals surface area (Å²) in [7, 11) is 1.69. The van der Waals surface area contributed by atoms with Crippen LogP contribution in [0.15, 0.2) is 0 Å². The lowest BCUT2D eigenvalue weighted by Crippen LogP contribution is -2.61. The molecule has 1 unspecified atom stereocenters. The molecular weight excluding hydrogens is 377 g/mol. The second kappa shape index (κ2) is 7.12. The Morgan fingerprint density at radius 1 is 1.00 bits per heavy atom. The Hall–Kier alpha value is -0.290. The second-order valence-corrected chi connectivity index (χ2v) is 11.5. The van der Waals surface area contributed by atoms with E-state index < -0.39 is 11.8 Å². The Morgan fingerprint density at radius 3 is 2.34 bits per heavy atom. The third-order valence-electron chi connectivity index (χ3n) is 10.2. The fraction of sp³-hybridized carbons (Fsp3) is 1.00. The Morgan fingerprint density at radius 2 is 1.72 bits per heavy atom. The molecule has 0 aromatic heterocycles. The normalized spacial score (nSPS) is 50.2. The minimum atomic E-state index is -4.54. The predicted octanol–water partition coefficient (Wildman–Crippen LogP) is 6.22.